The van der Waals surface area contributed by atoms with Crippen molar-refractivity contribution >= 4 is 0 Å². The summed E-state index contributed by atoms with van der Waals surface area (Å²) in [4.78, 5) is 0. The molecule has 0 aromatic heterocycles. The monoisotopic (exact) mass is 641 g/mol. The Bertz CT molecular complexity index is 380. The zero-order valence-corrected chi connectivity index (χ0v) is 28.8. The van der Waals surface area contributed by atoms with Gasteiger partial charge < -0.3 is 14.2 Å². The molecule has 0 spiro atoms. The summed E-state index contributed by atoms with van der Waals surface area (Å²) in [6.45, 7) is 31.8. The van der Waals surface area contributed by atoms with Gasteiger partial charge in [-0.3, -0.25) is 0 Å². The van der Waals surface area contributed by atoms with Crippen molar-refractivity contribution in [3.8, 4) is 0 Å². The maximum Gasteiger partial charge on any atom is 0.0566 e. The molecule has 0 rings (SSSR count). The van der Waals surface area contributed by atoms with Gasteiger partial charge in [0.05, 0.1) is 19.8 Å². The van der Waals surface area contributed by atoms with Gasteiger partial charge in [0, 0.05) is 25.2 Å². The Labute approximate surface area is 287 Å². The highest BCUT2D eigenvalue weighted by atomic mass is 16.5. The van der Waals surface area contributed by atoms with E-state index in [-0.39, 0.29) is 50.0 Å². The fourth-order valence-corrected chi connectivity index (χ4v) is 5.14. The number of rotatable bonds is 23. The molecule has 0 aliphatic carbocycles. The average molecular weight is 641 g/mol. The molecular weight excluding hydrogens is 540 g/mol. The van der Waals surface area contributed by atoms with Crippen molar-refractivity contribution in [2.24, 2.45) is 22.7 Å². The molecule has 0 bridgehead atoms. The maximum absolute atomic E-state index is 5.74. The summed E-state index contributed by atoms with van der Waals surface area (Å²) < 4.78 is 17.2. The number of ether oxygens (including phenoxy) is 3. The largest absolute Gasteiger partial charge is 0.381 e. The van der Waals surface area contributed by atoms with E-state index in [2.05, 4.69) is 83.1 Å². The van der Waals surface area contributed by atoms with Gasteiger partial charge >= 0.3 is 0 Å². The fourth-order valence-electron chi connectivity index (χ4n) is 5.14. The second-order valence-electron chi connectivity index (χ2n) is 11.9. The molecule has 0 amide bonds. The van der Waals surface area contributed by atoms with Crippen LogP contribution < -0.4 is 0 Å². The first kappa shape index (κ1) is 66.3. The number of hydrogen-bond acceptors (Lipinski definition) is 3. The van der Waals surface area contributed by atoms with Crippen LogP contribution in [0.15, 0.2) is 0 Å². The SMILES string of the molecule is C.C.C.C.C.C.CCC(CC)(CC)CC.CCCC(C)CC(C)CCC.CCCOCC(CC)(COCCC)COCCC. The highest BCUT2D eigenvalue weighted by molar-refractivity contribution is 4.77. The molecule has 0 aliphatic heterocycles. The van der Waals surface area contributed by atoms with Crippen molar-refractivity contribution in [1.82, 2.24) is 0 Å². The minimum absolute atomic E-state index is 0. The third-order valence-electron chi connectivity index (χ3n) is 8.39. The smallest absolute Gasteiger partial charge is 0.0566 e. The van der Waals surface area contributed by atoms with Crippen LogP contribution in [0.4, 0.5) is 0 Å². The summed E-state index contributed by atoms with van der Waals surface area (Å²) in [5.74, 6) is 1.89. The predicted octanol–water partition coefficient (Wildman–Crippen LogP) is 15.3. The predicted molar refractivity (Wildman–Crippen MR) is 213 cm³/mol. The van der Waals surface area contributed by atoms with Gasteiger partial charge in [-0.05, 0) is 49.4 Å². The Hall–Kier alpha value is -0.120. The van der Waals surface area contributed by atoms with Gasteiger partial charge in [0.15, 0.2) is 0 Å². The lowest BCUT2D eigenvalue weighted by Crippen LogP contribution is -2.37. The Morgan fingerprint density at radius 3 is 0.795 bits per heavy atom. The Morgan fingerprint density at radius 2 is 0.636 bits per heavy atom. The van der Waals surface area contributed by atoms with Gasteiger partial charge in [0.1, 0.15) is 0 Å². The van der Waals surface area contributed by atoms with E-state index in [0.29, 0.717) is 5.41 Å². The van der Waals surface area contributed by atoms with Crippen molar-refractivity contribution < 1.29 is 14.2 Å². The molecule has 2 unspecified atom stereocenters. The quantitative estimate of drug-likeness (QED) is 0.104. The lowest BCUT2D eigenvalue weighted by atomic mass is 9.78. The molecule has 3 nitrogen and oxygen atoms in total. The molecule has 282 valence electrons. The molecule has 0 heterocycles. The summed E-state index contributed by atoms with van der Waals surface area (Å²) in [6.07, 6.45) is 16.5. The van der Waals surface area contributed by atoms with E-state index >= 15 is 0 Å². The highest BCUT2D eigenvalue weighted by Crippen LogP contribution is 2.33. The number of hydrogen-bond donors (Lipinski definition) is 0. The Morgan fingerprint density at radius 1 is 0.386 bits per heavy atom. The Kier molecular flexibility index (Phi) is 71.3. The molecule has 2 atom stereocenters. The van der Waals surface area contributed by atoms with E-state index < -0.39 is 0 Å². The van der Waals surface area contributed by atoms with E-state index in [0.717, 1.165) is 77.2 Å². The van der Waals surface area contributed by atoms with Crippen LogP contribution in [0, 0.1) is 22.7 Å². The summed E-state index contributed by atoms with van der Waals surface area (Å²) in [5, 5.41) is 0. The zero-order chi connectivity index (χ0) is 29.7. The van der Waals surface area contributed by atoms with E-state index in [4.69, 9.17) is 14.2 Å². The van der Waals surface area contributed by atoms with Crippen LogP contribution in [0.25, 0.3) is 0 Å². The van der Waals surface area contributed by atoms with Crippen LogP contribution in [0.2, 0.25) is 0 Å². The van der Waals surface area contributed by atoms with Gasteiger partial charge in [-0.2, -0.15) is 0 Å². The third kappa shape index (κ3) is 38.1. The molecule has 44 heavy (non-hydrogen) atoms. The lowest BCUT2D eigenvalue weighted by molar-refractivity contribution is -0.0712. The minimum Gasteiger partial charge on any atom is -0.381 e. The third-order valence-corrected chi connectivity index (χ3v) is 8.39. The molecule has 0 aliphatic rings. The molecular formula is C41H100O3. The van der Waals surface area contributed by atoms with E-state index in [1.807, 2.05) is 0 Å². The van der Waals surface area contributed by atoms with Crippen molar-refractivity contribution in [2.75, 3.05) is 39.6 Å². The van der Waals surface area contributed by atoms with Crippen LogP contribution in [0.1, 0.15) is 211 Å². The standard InChI is InChI=1S/C15H32O3.C11H24.C9H20.6CH4/c1-5-9-16-12-15(8-4,13-17-10-6-2)14-18-11-7-3;1-5-7-10(3)9-11(4)8-6-2;1-5-9(6-2,7-3)8-4;;;;;;/h5-14H2,1-4H3;10-11H,5-9H2,1-4H3;5-8H2,1-4H3;6*1H4. The topological polar surface area (TPSA) is 27.7 Å². The second kappa shape index (κ2) is 47.3. The van der Waals surface area contributed by atoms with Gasteiger partial charge in [0.25, 0.3) is 0 Å². The van der Waals surface area contributed by atoms with Gasteiger partial charge in [-0.1, -0.05) is 179 Å². The first-order chi connectivity index (χ1) is 18.2. The fraction of sp³-hybridized carbons (Fsp3) is 1.00. The Balaban J connectivity index is -0.0000000593. The first-order valence-corrected chi connectivity index (χ1v) is 16.9. The molecule has 0 fully saturated rings. The molecule has 3 heteroatoms. The van der Waals surface area contributed by atoms with Crippen molar-refractivity contribution in [1.29, 1.82) is 0 Å². The average Bonchev–Trinajstić information content (AvgIpc) is 2.91. The van der Waals surface area contributed by atoms with E-state index in [1.165, 1.54) is 57.8 Å². The molecule has 0 radical (unpaired) electrons. The summed E-state index contributed by atoms with van der Waals surface area (Å²) in [7, 11) is 0. The van der Waals surface area contributed by atoms with Crippen LogP contribution >= 0.6 is 0 Å². The normalized spacial score (nSPS) is 11.5. The minimum atomic E-state index is 0. The molecule has 0 N–H and O–H groups in total. The van der Waals surface area contributed by atoms with E-state index in [9.17, 15) is 0 Å². The molecule has 0 aromatic rings. The zero-order valence-electron chi connectivity index (χ0n) is 28.8. The van der Waals surface area contributed by atoms with Crippen molar-refractivity contribution in [3.05, 3.63) is 0 Å². The van der Waals surface area contributed by atoms with Crippen molar-refractivity contribution in [2.45, 2.75) is 211 Å². The lowest BCUT2D eigenvalue weighted by Gasteiger charge is -2.32. The van der Waals surface area contributed by atoms with Crippen LogP contribution in [0.5, 0.6) is 0 Å². The summed E-state index contributed by atoms with van der Waals surface area (Å²) >= 11 is 0. The van der Waals surface area contributed by atoms with Crippen LogP contribution in [0.3, 0.4) is 0 Å². The van der Waals surface area contributed by atoms with Gasteiger partial charge in [-0.15, -0.1) is 0 Å². The first-order valence-electron chi connectivity index (χ1n) is 16.9. The maximum atomic E-state index is 5.74. The molecule has 0 saturated carbocycles. The molecule has 0 saturated heterocycles. The molecule has 0 aromatic carbocycles. The summed E-state index contributed by atoms with van der Waals surface area (Å²) in [5.41, 5.74) is 0.694. The second-order valence-corrected chi connectivity index (χ2v) is 11.9. The van der Waals surface area contributed by atoms with Gasteiger partial charge in [0.2, 0.25) is 0 Å². The van der Waals surface area contributed by atoms with Crippen LogP contribution in [-0.2, 0) is 14.2 Å². The highest BCUT2D eigenvalue weighted by Gasteiger charge is 2.29. The van der Waals surface area contributed by atoms with Gasteiger partial charge in [-0.25, -0.2) is 0 Å². The summed E-state index contributed by atoms with van der Waals surface area (Å²) in [6, 6.07) is 0. The van der Waals surface area contributed by atoms with Crippen LogP contribution in [-0.4, -0.2) is 39.6 Å². The van der Waals surface area contributed by atoms with E-state index in [1.54, 1.807) is 0 Å². The van der Waals surface area contributed by atoms with Crippen molar-refractivity contribution in [3.63, 3.8) is 0 Å².